The van der Waals surface area contributed by atoms with Gasteiger partial charge in [0, 0.05) is 25.2 Å². The molecule has 9 heteroatoms. The molecule has 2 rings (SSSR count). The maximum atomic E-state index is 12.5. The molecule has 0 aromatic heterocycles. The Morgan fingerprint density at radius 1 is 1.38 bits per heavy atom. The second-order valence-corrected chi connectivity index (χ2v) is 6.29. The van der Waals surface area contributed by atoms with Gasteiger partial charge in [-0.2, -0.15) is 8.78 Å². The number of nitrogens with zero attached hydrogens (tertiary/aromatic N) is 1. The van der Waals surface area contributed by atoms with Crippen molar-refractivity contribution in [1.29, 1.82) is 0 Å². The number of amides is 2. The van der Waals surface area contributed by atoms with Crippen LogP contribution >= 0.6 is 0 Å². The fraction of sp³-hybridized carbons (Fsp3) is 0.529. The van der Waals surface area contributed by atoms with Crippen molar-refractivity contribution in [2.75, 3.05) is 20.2 Å². The Kier molecular flexibility index (Phi) is 6.59. The molecule has 1 heterocycles. The number of halogens is 2. The highest BCUT2D eigenvalue weighted by Gasteiger charge is 2.31. The standard InChI is InChI=1S/C17H22F2N2O5/c1-10-5-12(15(22)23)9-21(8-10)17(24)20-7-11-6-13(25-2)3-4-14(11)26-16(18)19/h3-4,6,10,12,16H,5,7-9H2,1-2H3,(H,20,24)(H,22,23). The quantitative estimate of drug-likeness (QED) is 0.801. The van der Waals surface area contributed by atoms with Crippen molar-refractivity contribution in [1.82, 2.24) is 10.2 Å². The summed E-state index contributed by atoms with van der Waals surface area (Å²) in [4.78, 5) is 25.0. The number of piperidine rings is 1. The maximum absolute atomic E-state index is 12.5. The van der Waals surface area contributed by atoms with Gasteiger partial charge in [-0.05, 0) is 30.5 Å². The van der Waals surface area contributed by atoms with Crippen LogP contribution in [0.4, 0.5) is 13.6 Å². The molecule has 0 bridgehead atoms. The van der Waals surface area contributed by atoms with Gasteiger partial charge in [0.05, 0.1) is 13.0 Å². The molecule has 1 aromatic carbocycles. The van der Waals surface area contributed by atoms with E-state index in [1.807, 2.05) is 6.92 Å². The number of carboxylic acid groups (broad SMARTS) is 1. The highest BCUT2D eigenvalue weighted by Crippen LogP contribution is 2.26. The Hall–Kier alpha value is -2.58. The Balaban J connectivity index is 2.05. The topological polar surface area (TPSA) is 88.1 Å². The molecule has 1 saturated heterocycles. The first-order valence-electron chi connectivity index (χ1n) is 8.17. The SMILES string of the molecule is COc1ccc(OC(F)F)c(CNC(=O)N2CC(C)CC(C(=O)O)C2)c1. The second kappa shape index (κ2) is 8.68. The number of nitrogens with one attached hydrogen (secondary N) is 1. The number of carbonyl (C=O) groups excluding carboxylic acids is 1. The fourth-order valence-corrected chi connectivity index (χ4v) is 3.01. The Labute approximate surface area is 149 Å². The summed E-state index contributed by atoms with van der Waals surface area (Å²) in [6.45, 7) is -0.609. The van der Waals surface area contributed by atoms with Crippen molar-refractivity contribution >= 4 is 12.0 Å². The van der Waals surface area contributed by atoms with Gasteiger partial charge in [0.2, 0.25) is 0 Å². The second-order valence-electron chi connectivity index (χ2n) is 6.29. The van der Waals surface area contributed by atoms with Crippen LogP contribution in [0.5, 0.6) is 11.5 Å². The van der Waals surface area contributed by atoms with Crippen LogP contribution < -0.4 is 14.8 Å². The highest BCUT2D eigenvalue weighted by molar-refractivity contribution is 5.76. The average molecular weight is 372 g/mol. The van der Waals surface area contributed by atoms with E-state index in [4.69, 9.17) is 4.74 Å². The third-order valence-electron chi connectivity index (χ3n) is 4.21. The van der Waals surface area contributed by atoms with Crippen molar-refractivity contribution in [2.45, 2.75) is 26.5 Å². The molecule has 2 unspecified atom stereocenters. The summed E-state index contributed by atoms with van der Waals surface area (Å²) in [5.74, 6) is -1.11. The zero-order chi connectivity index (χ0) is 19.3. The van der Waals surface area contributed by atoms with E-state index >= 15 is 0 Å². The molecule has 1 aromatic rings. The number of ether oxygens (including phenoxy) is 2. The summed E-state index contributed by atoms with van der Waals surface area (Å²) in [5, 5.41) is 11.8. The van der Waals surface area contributed by atoms with Crippen LogP contribution in [0.3, 0.4) is 0 Å². The van der Waals surface area contributed by atoms with E-state index in [2.05, 4.69) is 10.1 Å². The summed E-state index contributed by atoms with van der Waals surface area (Å²) in [5.41, 5.74) is 0.331. The van der Waals surface area contributed by atoms with Gasteiger partial charge in [-0.15, -0.1) is 0 Å². The van der Waals surface area contributed by atoms with Gasteiger partial charge in [0.25, 0.3) is 0 Å². The molecule has 0 radical (unpaired) electrons. The van der Waals surface area contributed by atoms with Gasteiger partial charge >= 0.3 is 18.6 Å². The molecule has 7 nitrogen and oxygen atoms in total. The maximum Gasteiger partial charge on any atom is 0.387 e. The van der Waals surface area contributed by atoms with Gasteiger partial charge in [-0.3, -0.25) is 4.79 Å². The van der Waals surface area contributed by atoms with Crippen molar-refractivity contribution in [2.24, 2.45) is 11.8 Å². The molecular weight excluding hydrogens is 350 g/mol. The van der Waals surface area contributed by atoms with Crippen LogP contribution in [0.1, 0.15) is 18.9 Å². The van der Waals surface area contributed by atoms with Gasteiger partial charge in [0.1, 0.15) is 11.5 Å². The molecule has 0 spiro atoms. The summed E-state index contributed by atoms with van der Waals surface area (Å²) in [6.07, 6.45) is 0.515. The Morgan fingerprint density at radius 2 is 2.12 bits per heavy atom. The summed E-state index contributed by atoms with van der Waals surface area (Å²) in [6, 6.07) is 3.87. The van der Waals surface area contributed by atoms with Crippen LogP contribution in [0.25, 0.3) is 0 Å². The lowest BCUT2D eigenvalue weighted by Crippen LogP contribution is -2.49. The van der Waals surface area contributed by atoms with E-state index in [0.29, 0.717) is 24.3 Å². The molecule has 1 fully saturated rings. The minimum absolute atomic E-state index is 0.0549. The number of aliphatic carboxylic acids is 1. The van der Waals surface area contributed by atoms with Gasteiger partial charge in [-0.1, -0.05) is 6.92 Å². The minimum atomic E-state index is -2.99. The largest absolute Gasteiger partial charge is 0.497 e. The molecule has 2 amide bonds. The van der Waals surface area contributed by atoms with Gasteiger partial charge in [-0.25, -0.2) is 4.79 Å². The van der Waals surface area contributed by atoms with Crippen LogP contribution in [0, 0.1) is 11.8 Å². The first kappa shape index (κ1) is 19.7. The molecule has 0 saturated carbocycles. The third kappa shape index (κ3) is 5.21. The lowest BCUT2D eigenvalue weighted by Gasteiger charge is -2.34. The lowest BCUT2D eigenvalue weighted by molar-refractivity contribution is -0.143. The van der Waals surface area contributed by atoms with Gasteiger partial charge in [0.15, 0.2) is 0 Å². The van der Waals surface area contributed by atoms with Crippen molar-refractivity contribution in [3.63, 3.8) is 0 Å². The minimum Gasteiger partial charge on any atom is -0.497 e. The number of methoxy groups -OCH3 is 1. The number of carboxylic acids is 1. The molecule has 1 aliphatic heterocycles. The molecule has 2 atom stereocenters. The lowest BCUT2D eigenvalue weighted by atomic mass is 9.91. The molecule has 0 aliphatic carbocycles. The third-order valence-corrected chi connectivity index (χ3v) is 4.21. The van der Waals surface area contributed by atoms with E-state index in [1.165, 1.54) is 30.2 Å². The van der Waals surface area contributed by atoms with Crippen molar-refractivity contribution < 1.29 is 33.0 Å². The molecule has 1 aliphatic rings. The Bertz CT molecular complexity index is 656. The number of benzene rings is 1. The zero-order valence-corrected chi connectivity index (χ0v) is 14.6. The predicted octanol–water partition coefficient (Wildman–Crippen LogP) is 2.55. The van der Waals surface area contributed by atoms with Crippen molar-refractivity contribution in [3.8, 4) is 11.5 Å². The molecular formula is C17H22F2N2O5. The van der Waals surface area contributed by atoms with Gasteiger partial charge < -0.3 is 24.8 Å². The van der Waals surface area contributed by atoms with E-state index in [1.54, 1.807) is 0 Å². The normalized spacial score (nSPS) is 20.0. The first-order valence-corrected chi connectivity index (χ1v) is 8.17. The number of urea groups is 1. The molecule has 26 heavy (non-hydrogen) atoms. The van der Waals surface area contributed by atoms with E-state index in [-0.39, 0.29) is 24.8 Å². The number of hydrogen-bond donors (Lipinski definition) is 2. The number of carbonyl (C=O) groups is 2. The summed E-state index contributed by atoms with van der Waals surface area (Å²) in [7, 11) is 1.44. The molecule has 144 valence electrons. The first-order chi connectivity index (χ1) is 12.3. The monoisotopic (exact) mass is 372 g/mol. The highest BCUT2D eigenvalue weighted by atomic mass is 19.3. The van der Waals surface area contributed by atoms with E-state index < -0.39 is 24.5 Å². The summed E-state index contributed by atoms with van der Waals surface area (Å²) < 4.78 is 34.6. The number of likely N-dealkylation sites (tertiary alicyclic amines) is 1. The predicted molar refractivity (Wildman–Crippen MR) is 88.3 cm³/mol. The number of hydrogen-bond acceptors (Lipinski definition) is 4. The van der Waals surface area contributed by atoms with Crippen LogP contribution in [0.15, 0.2) is 18.2 Å². The van der Waals surface area contributed by atoms with Crippen LogP contribution in [-0.4, -0.2) is 48.8 Å². The number of alkyl halides is 2. The zero-order valence-electron chi connectivity index (χ0n) is 14.6. The number of rotatable bonds is 6. The van der Waals surface area contributed by atoms with Crippen LogP contribution in [-0.2, 0) is 11.3 Å². The smallest absolute Gasteiger partial charge is 0.387 e. The average Bonchev–Trinajstić information content (AvgIpc) is 2.59. The summed E-state index contributed by atoms with van der Waals surface area (Å²) >= 11 is 0. The van der Waals surface area contributed by atoms with Crippen LogP contribution in [0.2, 0.25) is 0 Å². The van der Waals surface area contributed by atoms with E-state index in [0.717, 1.165) is 0 Å². The Morgan fingerprint density at radius 3 is 2.73 bits per heavy atom. The van der Waals surface area contributed by atoms with E-state index in [9.17, 15) is 23.5 Å². The fourth-order valence-electron chi connectivity index (χ4n) is 3.01. The molecule has 2 N–H and O–H groups in total. The van der Waals surface area contributed by atoms with Crippen molar-refractivity contribution in [3.05, 3.63) is 23.8 Å².